The molecule has 0 saturated carbocycles. The number of benzene rings is 1. The molecule has 3 rings (SSSR count). The first kappa shape index (κ1) is 16.6. The van der Waals surface area contributed by atoms with Crippen LogP contribution in [0.2, 0.25) is 0 Å². The molecule has 1 aromatic heterocycles. The Balaban J connectivity index is 0.00000176. The number of nitrogens with zero attached hydrogens (tertiary/aromatic N) is 1. The summed E-state index contributed by atoms with van der Waals surface area (Å²) in [6.07, 6.45) is 3.08. The Bertz CT molecular complexity index is 633. The number of furan rings is 1. The number of halogens is 1. The topological polar surface area (TPSA) is 54.7 Å². The quantitative estimate of drug-likeness (QED) is 0.940. The second-order valence-corrected chi connectivity index (χ2v) is 5.28. The van der Waals surface area contributed by atoms with E-state index >= 15 is 0 Å². The molecular weight excluding hydrogens is 304 g/mol. The first-order valence-electron chi connectivity index (χ1n) is 7.30. The predicted octanol–water partition coefficient (Wildman–Crippen LogP) is 2.23. The van der Waals surface area contributed by atoms with Crippen molar-refractivity contribution in [3.63, 3.8) is 0 Å². The van der Waals surface area contributed by atoms with Crippen LogP contribution >= 0.6 is 12.4 Å². The monoisotopic (exact) mass is 324 g/mol. The molecule has 0 aliphatic carbocycles. The first-order valence-corrected chi connectivity index (χ1v) is 7.30. The fraction of sp³-hybridized carbons (Fsp3) is 0.438. The Hall–Kier alpha value is -1.72. The summed E-state index contributed by atoms with van der Waals surface area (Å²) in [5, 5.41) is 4.29. The number of methoxy groups -OCH3 is 1. The summed E-state index contributed by atoms with van der Waals surface area (Å²) in [6.45, 7) is 3.46. The van der Waals surface area contributed by atoms with Crippen LogP contribution in [0.4, 0.5) is 0 Å². The van der Waals surface area contributed by atoms with Crippen molar-refractivity contribution >= 4 is 29.3 Å². The van der Waals surface area contributed by atoms with E-state index in [2.05, 4.69) is 5.32 Å². The molecule has 1 aliphatic heterocycles. The molecule has 1 amide bonds. The van der Waals surface area contributed by atoms with E-state index in [1.807, 2.05) is 23.1 Å². The number of carbonyl (C=O) groups excluding carboxylic acids is 1. The zero-order valence-electron chi connectivity index (χ0n) is 12.6. The van der Waals surface area contributed by atoms with Crippen LogP contribution in [0, 0.1) is 0 Å². The lowest BCUT2D eigenvalue weighted by molar-refractivity contribution is -0.130. The minimum Gasteiger partial charge on any atom is -0.497 e. The fourth-order valence-electron chi connectivity index (χ4n) is 2.70. The minimum absolute atomic E-state index is 0. The third-order valence-corrected chi connectivity index (χ3v) is 3.90. The van der Waals surface area contributed by atoms with E-state index in [4.69, 9.17) is 9.15 Å². The summed E-state index contributed by atoms with van der Waals surface area (Å²) in [6, 6.07) is 5.69. The zero-order valence-corrected chi connectivity index (χ0v) is 13.4. The van der Waals surface area contributed by atoms with Gasteiger partial charge in [-0.3, -0.25) is 4.79 Å². The van der Waals surface area contributed by atoms with Crippen LogP contribution in [0.5, 0.6) is 5.75 Å². The molecule has 6 heteroatoms. The molecule has 0 unspecified atom stereocenters. The molecule has 0 radical (unpaired) electrons. The van der Waals surface area contributed by atoms with Crippen LogP contribution in [0.25, 0.3) is 11.0 Å². The lowest BCUT2D eigenvalue weighted by atomic mass is 10.1. The largest absolute Gasteiger partial charge is 0.497 e. The maximum absolute atomic E-state index is 12.4. The molecule has 0 spiro atoms. The molecule has 0 bridgehead atoms. The molecule has 2 heterocycles. The standard InChI is InChI=1S/C16H20N2O3.ClH/c1-20-13-3-4-14-12(11-21-15(14)10-13)9-16(19)18-7-2-5-17-6-8-18;/h3-4,10-11,17H,2,5-9H2,1H3;1H. The number of hydrogen-bond acceptors (Lipinski definition) is 4. The normalized spacial score (nSPS) is 15.2. The summed E-state index contributed by atoms with van der Waals surface area (Å²) in [7, 11) is 1.63. The van der Waals surface area contributed by atoms with E-state index in [9.17, 15) is 4.79 Å². The van der Waals surface area contributed by atoms with E-state index < -0.39 is 0 Å². The van der Waals surface area contributed by atoms with E-state index in [-0.39, 0.29) is 18.3 Å². The summed E-state index contributed by atoms with van der Waals surface area (Å²) in [5.74, 6) is 0.922. The maximum Gasteiger partial charge on any atom is 0.227 e. The summed E-state index contributed by atoms with van der Waals surface area (Å²) >= 11 is 0. The molecular formula is C16H21ClN2O3. The number of amides is 1. The molecule has 1 fully saturated rings. The SMILES string of the molecule is COc1ccc2c(CC(=O)N3CCCNCC3)coc2c1.Cl. The van der Waals surface area contributed by atoms with E-state index in [0.29, 0.717) is 6.42 Å². The molecule has 0 atom stereocenters. The number of ether oxygens (including phenoxy) is 1. The van der Waals surface area contributed by atoms with Crippen molar-refractivity contribution in [1.82, 2.24) is 10.2 Å². The van der Waals surface area contributed by atoms with Gasteiger partial charge in [-0.2, -0.15) is 0 Å². The van der Waals surface area contributed by atoms with Gasteiger partial charge in [0.25, 0.3) is 0 Å². The van der Waals surface area contributed by atoms with Crippen molar-refractivity contribution in [2.24, 2.45) is 0 Å². The van der Waals surface area contributed by atoms with E-state index in [1.165, 1.54) is 0 Å². The molecule has 1 aliphatic rings. The van der Waals surface area contributed by atoms with Crippen molar-refractivity contribution in [2.45, 2.75) is 12.8 Å². The van der Waals surface area contributed by atoms with Gasteiger partial charge in [-0.25, -0.2) is 0 Å². The van der Waals surface area contributed by atoms with E-state index in [1.54, 1.807) is 13.4 Å². The number of hydrogen-bond donors (Lipinski definition) is 1. The highest BCUT2D eigenvalue weighted by Crippen LogP contribution is 2.26. The van der Waals surface area contributed by atoms with Gasteiger partial charge >= 0.3 is 0 Å². The summed E-state index contributed by atoms with van der Waals surface area (Å²) < 4.78 is 10.7. The predicted molar refractivity (Wildman–Crippen MR) is 87.8 cm³/mol. The van der Waals surface area contributed by atoms with Gasteiger partial charge in [0, 0.05) is 36.7 Å². The van der Waals surface area contributed by atoms with Crippen molar-refractivity contribution < 1.29 is 13.9 Å². The Labute approximate surface area is 136 Å². The molecule has 22 heavy (non-hydrogen) atoms. The second kappa shape index (κ2) is 7.51. The third-order valence-electron chi connectivity index (χ3n) is 3.90. The van der Waals surface area contributed by atoms with Crippen LogP contribution < -0.4 is 10.1 Å². The fourth-order valence-corrected chi connectivity index (χ4v) is 2.70. The van der Waals surface area contributed by atoms with Crippen LogP contribution in [0.1, 0.15) is 12.0 Å². The Morgan fingerprint density at radius 3 is 3.05 bits per heavy atom. The third kappa shape index (κ3) is 3.54. The lowest BCUT2D eigenvalue weighted by Gasteiger charge is -2.19. The van der Waals surface area contributed by atoms with Gasteiger partial charge in [-0.1, -0.05) is 0 Å². The van der Waals surface area contributed by atoms with Crippen molar-refractivity contribution in [3.8, 4) is 5.75 Å². The smallest absolute Gasteiger partial charge is 0.227 e. The molecule has 1 N–H and O–H groups in total. The van der Waals surface area contributed by atoms with Gasteiger partial charge in [-0.05, 0) is 25.1 Å². The van der Waals surface area contributed by atoms with Gasteiger partial charge in [0.2, 0.25) is 5.91 Å². The summed E-state index contributed by atoms with van der Waals surface area (Å²) in [4.78, 5) is 14.3. The van der Waals surface area contributed by atoms with E-state index in [0.717, 1.165) is 54.9 Å². The lowest BCUT2D eigenvalue weighted by Crippen LogP contribution is -2.35. The van der Waals surface area contributed by atoms with Crippen molar-refractivity contribution in [2.75, 3.05) is 33.3 Å². The highest BCUT2D eigenvalue weighted by Gasteiger charge is 2.18. The van der Waals surface area contributed by atoms with Crippen LogP contribution in [0.15, 0.2) is 28.9 Å². The molecule has 1 aromatic carbocycles. The van der Waals surface area contributed by atoms with Gasteiger partial charge in [0.1, 0.15) is 11.3 Å². The van der Waals surface area contributed by atoms with Crippen molar-refractivity contribution in [1.29, 1.82) is 0 Å². The van der Waals surface area contributed by atoms with Crippen LogP contribution in [0.3, 0.4) is 0 Å². The number of nitrogens with one attached hydrogen (secondary N) is 1. The maximum atomic E-state index is 12.4. The zero-order chi connectivity index (χ0) is 14.7. The highest BCUT2D eigenvalue weighted by atomic mass is 35.5. The van der Waals surface area contributed by atoms with Gasteiger partial charge in [-0.15, -0.1) is 12.4 Å². The number of carbonyl (C=O) groups is 1. The van der Waals surface area contributed by atoms with Gasteiger partial charge < -0.3 is 19.4 Å². The first-order chi connectivity index (χ1) is 10.3. The summed E-state index contributed by atoms with van der Waals surface area (Å²) in [5.41, 5.74) is 1.70. The average molecular weight is 325 g/mol. The second-order valence-electron chi connectivity index (χ2n) is 5.28. The van der Waals surface area contributed by atoms with Gasteiger partial charge in [0.05, 0.1) is 19.8 Å². The van der Waals surface area contributed by atoms with Gasteiger partial charge in [0.15, 0.2) is 0 Å². The van der Waals surface area contributed by atoms with Crippen LogP contribution in [-0.4, -0.2) is 44.1 Å². The Kier molecular flexibility index (Phi) is 5.69. The number of fused-ring (bicyclic) bond motifs is 1. The molecule has 2 aromatic rings. The molecule has 5 nitrogen and oxygen atoms in total. The highest BCUT2D eigenvalue weighted by molar-refractivity contribution is 5.88. The average Bonchev–Trinajstić information content (AvgIpc) is 2.73. The Morgan fingerprint density at radius 2 is 2.23 bits per heavy atom. The minimum atomic E-state index is 0. The Morgan fingerprint density at radius 1 is 1.36 bits per heavy atom. The molecule has 120 valence electrons. The van der Waals surface area contributed by atoms with Crippen LogP contribution in [-0.2, 0) is 11.2 Å². The molecule has 1 saturated heterocycles. The number of rotatable bonds is 3. The van der Waals surface area contributed by atoms with Crippen molar-refractivity contribution in [3.05, 3.63) is 30.0 Å².